The number of hydrogen-bond acceptors (Lipinski definition) is 4. The highest BCUT2D eigenvalue weighted by Crippen LogP contribution is 2.31. The zero-order chi connectivity index (χ0) is 17.6. The highest BCUT2D eigenvalue weighted by atomic mass is 16.5. The number of nitrogens with zero attached hydrogens (tertiary/aromatic N) is 1. The Morgan fingerprint density at radius 1 is 0.960 bits per heavy atom. The van der Waals surface area contributed by atoms with Crippen LogP contribution in [0.5, 0.6) is 11.5 Å². The Morgan fingerprint density at radius 2 is 1.68 bits per heavy atom. The molecule has 0 bridgehead atoms. The average molecular weight is 340 g/mol. The summed E-state index contributed by atoms with van der Waals surface area (Å²) in [4.78, 5) is 15.0. The summed E-state index contributed by atoms with van der Waals surface area (Å²) in [6.45, 7) is 2.21. The summed E-state index contributed by atoms with van der Waals surface area (Å²) in [6, 6.07) is 13.3. The van der Waals surface area contributed by atoms with Gasteiger partial charge in [0.25, 0.3) is 5.91 Å². The first-order valence-corrected chi connectivity index (χ1v) is 8.60. The lowest BCUT2D eigenvalue weighted by Gasteiger charge is -2.28. The van der Waals surface area contributed by atoms with E-state index in [0.29, 0.717) is 17.1 Å². The van der Waals surface area contributed by atoms with E-state index in [1.165, 1.54) is 32.1 Å². The van der Waals surface area contributed by atoms with Crippen molar-refractivity contribution in [3.63, 3.8) is 0 Å². The van der Waals surface area contributed by atoms with Gasteiger partial charge in [-0.15, -0.1) is 0 Å². The lowest BCUT2D eigenvalue weighted by Crippen LogP contribution is -2.29. The number of para-hydroxylation sites is 1. The molecule has 5 nitrogen and oxygen atoms in total. The molecule has 2 aromatic carbocycles. The van der Waals surface area contributed by atoms with E-state index in [1.807, 2.05) is 12.1 Å². The van der Waals surface area contributed by atoms with Gasteiger partial charge in [-0.25, -0.2) is 0 Å². The molecule has 5 heteroatoms. The molecule has 0 saturated carbocycles. The van der Waals surface area contributed by atoms with Crippen LogP contribution in [0.25, 0.3) is 0 Å². The van der Waals surface area contributed by atoms with Gasteiger partial charge in [0.05, 0.1) is 19.8 Å². The molecule has 1 aliphatic heterocycles. The molecule has 1 aliphatic rings. The summed E-state index contributed by atoms with van der Waals surface area (Å²) in [6.07, 6.45) is 3.80. The van der Waals surface area contributed by atoms with Crippen molar-refractivity contribution in [3.8, 4) is 11.5 Å². The minimum atomic E-state index is -0.221. The number of amides is 1. The lowest BCUT2D eigenvalue weighted by atomic mass is 10.1. The molecule has 1 N–H and O–H groups in total. The number of benzene rings is 2. The normalized spacial score (nSPS) is 14.1. The third-order valence-electron chi connectivity index (χ3n) is 4.49. The van der Waals surface area contributed by atoms with Crippen LogP contribution in [-0.4, -0.2) is 33.2 Å². The smallest absolute Gasteiger partial charge is 0.259 e. The zero-order valence-electron chi connectivity index (χ0n) is 14.7. The van der Waals surface area contributed by atoms with Crippen LogP contribution in [0.2, 0.25) is 0 Å². The molecule has 1 fully saturated rings. The van der Waals surface area contributed by atoms with E-state index in [1.54, 1.807) is 25.3 Å². The summed E-state index contributed by atoms with van der Waals surface area (Å²) in [5.74, 6) is 0.754. The maximum Gasteiger partial charge on any atom is 0.259 e. The van der Waals surface area contributed by atoms with E-state index >= 15 is 0 Å². The van der Waals surface area contributed by atoms with Crippen molar-refractivity contribution in [2.45, 2.75) is 19.3 Å². The highest BCUT2D eigenvalue weighted by molar-refractivity contribution is 6.06. The molecule has 0 aromatic heterocycles. The highest BCUT2D eigenvalue weighted by Gasteiger charge is 2.17. The minimum Gasteiger partial charge on any atom is -0.493 e. The van der Waals surface area contributed by atoms with Crippen LogP contribution in [0.4, 0.5) is 11.4 Å². The molecule has 1 amide bonds. The topological polar surface area (TPSA) is 50.8 Å². The predicted molar refractivity (Wildman–Crippen MR) is 100 cm³/mol. The molecular formula is C20H24N2O3. The van der Waals surface area contributed by atoms with E-state index in [0.717, 1.165) is 18.8 Å². The van der Waals surface area contributed by atoms with Gasteiger partial charge in [0.2, 0.25) is 0 Å². The van der Waals surface area contributed by atoms with E-state index in [2.05, 4.69) is 22.3 Å². The second kappa shape index (κ2) is 7.92. The number of carbonyl (C=O) groups is 1. The summed E-state index contributed by atoms with van der Waals surface area (Å²) < 4.78 is 10.6. The second-order valence-corrected chi connectivity index (χ2v) is 6.09. The standard InChI is InChI=1S/C20H24N2O3/c1-24-18-8-6-7-17(19(18)25-2)20(23)21-15-9-11-16(12-10-15)22-13-4-3-5-14-22/h6-12H,3-5,13-14H2,1-2H3,(H,21,23). The number of hydrogen-bond donors (Lipinski definition) is 1. The number of anilines is 2. The van der Waals surface area contributed by atoms with E-state index < -0.39 is 0 Å². The SMILES string of the molecule is COc1cccc(C(=O)Nc2ccc(N3CCCCC3)cc2)c1OC. The van der Waals surface area contributed by atoms with Crippen LogP contribution >= 0.6 is 0 Å². The fourth-order valence-corrected chi connectivity index (χ4v) is 3.17. The largest absolute Gasteiger partial charge is 0.493 e. The Bertz CT molecular complexity index is 722. The first-order chi connectivity index (χ1) is 12.2. The Labute approximate surface area is 148 Å². The minimum absolute atomic E-state index is 0.221. The van der Waals surface area contributed by atoms with Gasteiger partial charge in [-0.05, 0) is 55.7 Å². The van der Waals surface area contributed by atoms with Crippen LogP contribution in [0.15, 0.2) is 42.5 Å². The average Bonchev–Trinajstić information content (AvgIpc) is 2.68. The molecule has 132 valence electrons. The Kier molecular flexibility index (Phi) is 5.43. The molecule has 0 spiro atoms. The Hall–Kier alpha value is -2.69. The van der Waals surface area contributed by atoms with Crippen molar-refractivity contribution in [2.75, 3.05) is 37.5 Å². The van der Waals surface area contributed by atoms with E-state index in [4.69, 9.17) is 9.47 Å². The van der Waals surface area contributed by atoms with Crippen molar-refractivity contribution < 1.29 is 14.3 Å². The van der Waals surface area contributed by atoms with E-state index in [-0.39, 0.29) is 5.91 Å². The van der Waals surface area contributed by atoms with Crippen molar-refractivity contribution in [3.05, 3.63) is 48.0 Å². The van der Waals surface area contributed by atoms with Crippen LogP contribution in [0.3, 0.4) is 0 Å². The van der Waals surface area contributed by atoms with Gasteiger partial charge in [0.1, 0.15) is 0 Å². The first-order valence-electron chi connectivity index (χ1n) is 8.60. The fraction of sp³-hybridized carbons (Fsp3) is 0.350. The molecule has 0 radical (unpaired) electrons. The van der Waals surface area contributed by atoms with Gasteiger partial charge in [-0.3, -0.25) is 4.79 Å². The van der Waals surface area contributed by atoms with Gasteiger partial charge in [-0.2, -0.15) is 0 Å². The van der Waals surface area contributed by atoms with Crippen LogP contribution < -0.4 is 19.7 Å². The molecule has 1 saturated heterocycles. The number of carbonyl (C=O) groups excluding carboxylic acids is 1. The number of rotatable bonds is 5. The summed E-state index contributed by atoms with van der Waals surface area (Å²) in [7, 11) is 3.08. The molecule has 2 aromatic rings. The molecule has 0 aliphatic carbocycles. The number of ether oxygens (including phenoxy) is 2. The lowest BCUT2D eigenvalue weighted by molar-refractivity contribution is 0.102. The van der Waals surface area contributed by atoms with Gasteiger partial charge in [0, 0.05) is 24.5 Å². The van der Waals surface area contributed by atoms with Crippen molar-refractivity contribution in [1.82, 2.24) is 0 Å². The van der Waals surface area contributed by atoms with Gasteiger partial charge in [0.15, 0.2) is 11.5 Å². The van der Waals surface area contributed by atoms with Crippen LogP contribution in [-0.2, 0) is 0 Å². The number of nitrogens with one attached hydrogen (secondary N) is 1. The van der Waals surface area contributed by atoms with Crippen molar-refractivity contribution >= 4 is 17.3 Å². The Balaban J connectivity index is 1.73. The zero-order valence-corrected chi connectivity index (χ0v) is 14.7. The molecular weight excluding hydrogens is 316 g/mol. The maximum atomic E-state index is 12.6. The van der Waals surface area contributed by atoms with E-state index in [9.17, 15) is 4.79 Å². The monoisotopic (exact) mass is 340 g/mol. The van der Waals surface area contributed by atoms with Gasteiger partial charge < -0.3 is 19.7 Å². The third-order valence-corrected chi connectivity index (χ3v) is 4.49. The third kappa shape index (κ3) is 3.87. The maximum absolute atomic E-state index is 12.6. The predicted octanol–water partition coefficient (Wildman–Crippen LogP) is 3.95. The fourth-order valence-electron chi connectivity index (χ4n) is 3.17. The number of methoxy groups -OCH3 is 2. The molecule has 1 heterocycles. The van der Waals surface area contributed by atoms with Gasteiger partial charge in [-0.1, -0.05) is 6.07 Å². The van der Waals surface area contributed by atoms with Crippen molar-refractivity contribution in [2.24, 2.45) is 0 Å². The van der Waals surface area contributed by atoms with Crippen molar-refractivity contribution in [1.29, 1.82) is 0 Å². The summed E-state index contributed by atoms with van der Waals surface area (Å²) >= 11 is 0. The molecule has 0 unspecified atom stereocenters. The quantitative estimate of drug-likeness (QED) is 0.895. The molecule has 3 rings (SSSR count). The summed E-state index contributed by atoms with van der Waals surface area (Å²) in [5, 5.41) is 2.92. The number of piperidine rings is 1. The van der Waals surface area contributed by atoms with Crippen LogP contribution in [0.1, 0.15) is 29.6 Å². The van der Waals surface area contributed by atoms with Gasteiger partial charge >= 0.3 is 0 Å². The second-order valence-electron chi connectivity index (χ2n) is 6.09. The van der Waals surface area contributed by atoms with Crippen LogP contribution in [0, 0.1) is 0 Å². The summed E-state index contributed by atoms with van der Waals surface area (Å²) in [5.41, 5.74) is 2.41. The molecule has 0 atom stereocenters. The Morgan fingerprint density at radius 3 is 2.32 bits per heavy atom. The molecule has 25 heavy (non-hydrogen) atoms. The first kappa shape index (κ1) is 17.1.